The maximum absolute atomic E-state index is 12.1. The lowest BCUT2D eigenvalue weighted by atomic mass is 10.1. The van der Waals surface area contributed by atoms with Crippen LogP contribution in [0.5, 0.6) is 0 Å². The van der Waals surface area contributed by atoms with Gasteiger partial charge in [-0.15, -0.1) is 0 Å². The van der Waals surface area contributed by atoms with Gasteiger partial charge in [-0.25, -0.2) is 14.8 Å². The number of ether oxygens (including phenoxy) is 1. The number of anilines is 2. The molecule has 8 heteroatoms. The van der Waals surface area contributed by atoms with E-state index in [1.165, 1.54) is 12.4 Å². The van der Waals surface area contributed by atoms with Crippen LogP contribution in [-0.4, -0.2) is 33.3 Å². The number of halogens is 1. The molecule has 0 unspecified atom stereocenters. The van der Waals surface area contributed by atoms with Crippen molar-refractivity contribution in [2.45, 2.75) is 13.3 Å². The van der Waals surface area contributed by atoms with Gasteiger partial charge >= 0.3 is 5.97 Å². The summed E-state index contributed by atoms with van der Waals surface area (Å²) in [6.45, 7) is 1.96. The Labute approximate surface area is 170 Å². The van der Waals surface area contributed by atoms with E-state index in [9.17, 15) is 9.59 Å². The van der Waals surface area contributed by atoms with Gasteiger partial charge in [-0.3, -0.25) is 9.78 Å². The normalized spacial score (nSPS) is 10.9. The number of hydrogen-bond donors (Lipinski definition) is 1. The zero-order chi connectivity index (χ0) is 19.9. The third-order valence-electron chi connectivity index (χ3n) is 3.71. The number of aromatic nitrogens is 3. The Morgan fingerprint density at radius 3 is 2.82 bits per heavy atom. The maximum Gasteiger partial charge on any atom is 0.330 e. The summed E-state index contributed by atoms with van der Waals surface area (Å²) in [7, 11) is 0. The number of allylic oxidation sites excluding steroid dienone is 1. The molecule has 3 aromatic rings. The van der Waals surface area contributed by atoms with Crippen LogP contribution in [0, 0.1) is 0 Å². The number of rotatable bonds is 7. The predicted molar refractivity (Wildman–Crippen MR) is 109 cm³/mol. The van der Waals surface area contributed by atoms with Gasteiger partial charge in [0.25, 0.3) is 0 Å². The molecule has 0 spiro atoms. The zero-order valence-electron chi connectivity index (χ0n) is 15.1. The van der Waals surface area contributed by atoms with Crippen LogP contribution in [0.25, 0.3) is 10.9 Å². The van der Waals surface area contributed by atoms with Gasteiger partial charge in [0.15, 0.2) is 5.78 Å². The number of esters is 1. The molecule has 0 fully saturated rings. The molecule has 0 saturated carbocycles. The fraction of sp³-hybridized carbons (Fsp3) is 0.150. The average molecular weight is 441 g/mol. The Kier molecular flexibility index (Phi) is 6.44. The van der Waals surface area contributed by atoms with Crippen LogP contribution >= 0.6 is 15.9 Å². The van der Waals surface area contributed by atoms with Crippen molar-refractivity contribution in [1.29, 1.82) is 0 Å². The van der Waals surface area contributed by atoms with E-state index < -0.39 is 5.97 Å². The number of nitrogens with one attached hydrogen (secondary N) is 1. The molecule has 0 aliphatic carbocycles. The van der Waals surface area contributed by atoms with Gasteiger partial charge in [-0.1, -0.05) is 22.0 Å². The number of nitrogens with zero attached hydrogens (tertiary/aromatic N) is 3. The topological polar surface area (TPSA) is 94.1 Å². The van der Waals surface area contributed by atoms with E-state index in [2.05, 4.69) is 36.2 Å². The summed E-state index contributed by atoms with van der Waals surface area (Å²) in [5.41, 5.74) is 2.07. The van der Waals surface area contributed by atoms with E-state index >= 15 is 0 Å². The number of pyridine rings is 1. The number of benzene rings is 1. The standard InChI is InChI=1S/C20H17BrN4O3/c1-2-28-19(27)7-6-16(26)9-15-10-17-18(11-22-15)23-12-24-20(17)25-14-5-3-4-13(21)8-14/h3-8,10-12H,2,9H2,1H3,(H,23,24,25)/b7-6+. The van der Waals surface area contributed by atoms with Crippen molar-refractivity contribution in [1.82, 2.24) is 15.0 Å². The first-order valence-corrected chi connectivity index (χ1v) is 9.34. The van der Waals surface area contributed by atoms with Crippen LogP contribution in [0.15, 0.2) is 59.5 Å². The second-order valence-electron chi connectivity index (χ2n) is 5.78. The van der Waals surface area contributed by atoms with Gasteiger partial charge in [0.1, 0.15) is 12.1 Å². The summed E-state index contributed by atoms with van der Waals surface area (Å²) in [5, 5.41) is 4.00. The lowest BCUT2D eigenvalue weighted by molar-refractivity contribution is -0.137. The van der Waals surface area contributed by atoms with Crippen LogP contribution < -0.4 is 5.32 Å². The Balaban J connectivity index is 1.82. The molecule has 0 radical (unpaired) electrons. The van der Waals surface area contributed by atoms with Crippen molar-refractivity contribution in [2.75, 3.05) is 11.9 Å². The van der Waals surface area contributed by atoms with Crippen LogP contribution in [0.2, 0.25) is 0 Å². The van der Waals surface area contributed by atoms with Gasteiger partial charge in [0.05, 0.1) is 24.7 Å². The summed E-state index contributed by atoms with van der Waals surface area (Å²) >= 11 is 3.44. The maximum atomic E-state index is 12.1. The van der Waals surface area contributed by atoms with Crippen LogP contribution in [0.4, 0.5) is 11.5 Å². The van der Waals surface area contributed by atoms with E-state index in [0.717, 1.165) is 21.6 Å². The second-order valence-corrected chi connectivity index (χ2v) is 6.69. The van der Waals surface area contributed by atoms with Crippen LogP contribution in [0.1, 0.15) is 12.6 Å². The molecule has 3 rings (SSSR count). The molecule has 7 nitrogen and oxygen atoms in total. The van der Waals surface area contributed by atoms with E-state index in [4.69, 9.17) is 4.74 Å². The summed E-state index contributed by atoms with van der Waals surface area (Å²) in [6, 6.07) is 9.47. The molecule has 1 N–H and O–H groups in total. The highest BCUT2D eigenvalue weighted by molar-refractivity contribution is 9.10. The summed E-state index contributed by atoms with van der Waals surface area (Å²) in [4.78, 5) is 36.2. The molecule has 0 bridgehead atoms. The van der Waals surface area contributed by atoms with Crippen LogP contribution in [-0.2, 0) is 20.7 Å². The Bertz CT molecular complexity index is 1050. The molecule has 0 amide bonds. The average Bonchev–Trinajstić information content (AvgIpc) is 2.67. The van der Waals surface area contributed by atoms with Gasteiger partial charge in [-0.2, -0.15) is 0 Å². The highest BCUT2D eigenvalue weighted by Gasteiger charge is 2.09. The number of carbonyl (C=O) groups is 2. The smallest absolute Gasteiger partial charge is 0.330 e. The van der Waals surface area contributed by atoms with Gasteiger partial charge in [-0.05, 0) is 37.3 Å². The first kappa shape index (κ1) is 19.6. The number of ketones is 1. The SMILES string of the molecule is CCOC(=O)/C=C/C(=O)Cc1cc2c(Nc3cccc(Br)c3)ncnc2cn1. The van der Waals surface area contributed by atoms with E-state index in [1.807, 2.05) is 24.3 Å². The molecule has 0 saturated heterocycles. The molecule has 0 aliphatic heterocycles. The first-order chi connectivity index (χ1) is 13.5. The monoisotopic (exact) mass is 440 g/mol. The van der Waals surface area contributed by atoms with Gasteiger partial charge in [0.2, 0.25) is 0 Å². The molecular weight excluding hydrogens is 424 g/mol. The van der Waals surface area contributed by atoms with Crippen molar-refractivity contribution in [2.24, 2.45) is 0 Å². The minimum absolute atomic E-state index is 0.0526. The fourth-order valence-corrected chi connectivity index (χ4v) is 2.89. The number of fused-ring (bicyclic) bond motifs is 1. The second kappa shape index (κ2) is 9.18. The fourth-order valence-electron chi connectivity index (χ4n) is 2.49. The minimum Gasteiger partial charge on any atom is -0.463 e. The molecule has 142 valence electrons. The lowest BCUT2D eigenvalue weighted by Crippen LogP contribution is -2.05. The van der Waals surface area contributed by atoms with Crippen molar-refractivity contribution in [3.63, 3.8) is 0 Å². The third-order valence-corrected chi connectivity index (χ3v) is 4.21. The predicted octanol–water partition coefficient (Wildman–Crippen LogP) is 3.76. The number of carbonyl (C=O) groups excluding carboxylic acids is 2. The van der Waals surface area contributed by atoms with Crippen LogP contribution in [0.3, 0.4) is 0 Å². The van der Waals surface area contributed by atoms with Crippen molar-refractivity contribution in [3.05, 3.63) is 65.2 Å². The molecule has 0 aliphatic rings. The first-order valence-electron chi connectivity index (χ1n) is 8.55. The Morgan fingerprint density at radius 1 is 1.18 bits per heavy atom. The minimum atomic E-state index is -0.545. The summed E-state index contributed by atoms with van der Waals surface area (Å²) < 4.78 is 5.70. The van der Waals surface area contributed by atoms with E-state index in [1.54, 1.807) is 19.2 Å². The Hall–Kier alpha value is -3.13. The lowest BCUT2D eigenvalue weighted by Gasteiger charge is -2.09. The Morgan fingerprint density at radius 2 is 2.04 bits per heavy atom. The van der Waals surface area contributed by atoms with E-state index in [-0.39, 0.29) is 18.8 Å². The van der Waals surface area contributed by atoms with Gasteiger partial charge < -0.3 is 10.1 Å². The molecule has 0 atom stereocenters. The highest BCUT2D eigenvalue weighted by Crippen LogP contribution is 2.25. The van der Waals surface area contributed by atoms with Gasteiger partial charge in [0, 0.05) is 27.3 Å². The quantitative estimate of drug-likeness (QED) is 0.441. The van der Waals surface area contributed by atoms with Crippen molar-refractivity contribution < 1.29 is 14.3 Å². The zero-order valence-corrected chi connectivity index (χ0v) is 16.6. The summed E-state index contributed by atoms with van der Waals surface area (Å²) in [6.07, 6.45) is 5.43. The summed E-state index contributed by atoms with van der Waals surface area (Å²) in [5.74, 6) is -0.184. The molecule has 2 heterocycles. The molecular formula is C20H17BrN4O3. The van der Waals surface area contributed by atoms with E-state index in [0.29, 0.717) is 17.0 Å². The molecule has 28 heavy (non-hydrogen) atoms. The highest BCUT2D eigenvalue weighted by atomic mass is 79.9. The molecule has 2 aromatic heterocycles. The molecule has 1 aromatic carbocycles. The number of hydrogen-bond acceptors (Lipinski definition) is 7. The third kappa shape index (κ3) is 5.20. The van der Waals surface area contributed by atoms with Crippen molar-refractivity contribution in [3.8, 4) is 0 Å². The largest absolute Gasteiger partial charge is 0.463 e. The van der Waals surface area contributed by atoms with Crippen molar-refractivity contribution >= 4 is 50.1 Å².